The molecule has 1 atom stereocenters. The molecule has 100 valence electrons. The molecule has 0 aliphatic heterocycles. The quantitative estimate of drug-likeness (QED) is 0.774. The van der Waals surface area contributed by atoms with Gasteiger partial charge in [0.1, 0.15) is 5.15 Å². The van der Waals surface area contributed by atoms with Crippen molar-refractivity contribution in [2.75, 3.05) is 7.05 Å². The van der Waals surface area contributed by atoms with Crippen molar-refractivity contribution in [3.63, 3.8) is 0 Å². The van der Waals surface area contributed by atoms with Gasteiger partial charge in [-0.1, -0.05) is 44.0 Å². The molecule has 0 aliphatic rings. The third-order valence-corrected chi connectivity index (χ3v) is 3.71. The van der Waals surface area contributed by atoms with Crippen LogP contribution in [0.1, 0.15) is 38.1 Å². The third-order valence-electron chi connectivity index (χ3n) is 3.21. The summed E-state index contributed by atoms with van der Waals surface area (Å²) in [6.45, 7) is 8.27. The van der Waals surface area contributed by atoms with Crippen molar-refractivity contribution >= 4 is 29.1 Å². The summed E-state index contributed by atoms with van der Waals surface area (Å²) >= 11 is 11.8. The van der Waals surface area contributed by atoms with Crippen molar-refractivity contribution in [1.29, 1.82) is 0 Å². The Morgan fingerprint density at radius 2 is 1.94 bits per heavy atom. The van der Waals surface area contributed by atoms with Gasteiger partial charge in [0.05, 0.1) is 10.6 Å². The van der Waals surface area contributed by atoms with Crippen LogP contribution in [0.3, 0.4) is 0 Å². The molecule has 0 saturated heterocycles. The first-order valence-corrected chi connectivity index (χ1v) is 6.48. The summed E-state index contributed by atoms with van der Waals surface area (Å²) in [5.41, 5.74) is 0.378. The Morgan fingerprint density at radius 3 is 2.44 bits per heavy atom. The van der Waals surface area contributed by atoms with E-state index in [1.807, 2.05) is 6.92 Å². The van der Waals surface area contributed by atoms with Gasteiger partial charge in [-0.15, -0.1) is 0 Å². The van der Waals surface area contributed by atoms with Gasteiger partial charge in [-0.25, -0.2) is 4.98 Å². The van der Waals surface area contributed by atoms with Gasteiger partial charge >= 0.3 is 0 Å². The number of nitrogens with zero attached hydrogens (tertiary/aromatic N) is 2. The molecule has 1 aromatic heterocycles. The largest absolute Gasteiger partial charge is 0.338 e. The van der Waals surface area contributed by atoms with Gasteiger partial charge in [0, 0.05) is 19.3 Å². The fourth-order valence-corrected chi connectivity index (χ4v) is 1.87. The zero-order valence-corrected chi connectivity index (χ0v) is 12.8. The lowest BCUT2D eigenvalue weighted by Crippen LogP contribution is -2.43. The topological polar surface area (TPSA) is 33.2 Å². The number of hydrogen-bond acceptors (Lipinski definition) is 2. The van der Waals surface area contributed by atoms with Crippen LogP contribution >= 0.6 is 23.2 Å². The minimum atomic E-state index is -0.147. The van der Waals surface area contributed by atoms with Crippen LogP contribution in [0.5, 0.6) is 0 Å². The van der Waals surface area contributed by atoms with E-state index in [4.69, 9.17) is 23.2 Å². The summed E-state index contributed by atoms with van der Waals surface area (Å²) in [5.74, 6) is -0.147. The summed E-state index contributed by atoms with van der Waals surface area (Å²) < 4.78 is 0. The van der Waals surface area contributed by atoms with Crippen LogP contribution in [0.4, 0.5) is 0 Å². The lowest BCUT2D eigenvalue weighted by molar-refractivity contribution is 0.0629. The van der Waals surface area contributed by atoms with E-state index < -0.39 is 0 Å². The molecule has 3 nitrogen and oxygen atoms in total. The summed E-state index contributed by atoms with van der Waals surface area (Å²) in [6, 6.07) is 1.57. The fraction of sp³-hybridized carbons (Fsp3) is 0.538. The highest BCUT2D eigenvalue weighted by molar-refractivity contribution is 6.35. The van der Waals surface area contributed by atoms with E-state index in [1.54, 1.807) is 11.9 Å². The first-order chi connectivity index (χ1) is 8.14. The first kappa shape index (κ1) is 15.3. The molecule has 0 fully saturated rings. The number of carbonyl (C=O) groups excluding carboxylic acids is 1. The smallest absolute Gasteiger partial charge is 0.255 e. The monoisotopic (exact) mass is 288 g/mol. The van der Waals surface area contributed by atoms with E-state index in [0.29, 0.717) is 10.6 Å². The molecule has 1 heterocycles. The standard InChI is InChI=1S/C13H18Cl2N2O/c1-8(13(2,3)4)17(5)12(18)9-6-11(15)16-7-10(9)14/h6-8H,1-5H3. The number of halogens is 2. The summed E-state index contributed by atoms with van der Waals surface area (Å²) in [4.78, 5) is 17.9. The zero-order valence-electron chi connectivity index (χ0n) is 11.3. The van der Waals surface area contributed by atoms with Crippen molar-refractivity contribution in [1.82, 2.24) is 9.88 Å². The Balaban J connectivity index is 3.04. The van der Waals surface area contributed by atoms with E-state index in [9.17, 15) is 4.79 Å². The Bertz CT molecular complexity index is 455. The minimum Gasteiger partial charge on any atom is -0.338 e. The van der Waals surface area contributed by atoms with E-state index in [2.05, 4.69) is 25.8 Å². The lowest BCUT2D eigenvalue weighted by Gasteiger charge is -2.35. The van der Waals surface area contributed by atoms with E-state index in [0.717, 1.165) is 0 Å². The second-order valence-electron chi connectivity index (χ2n) is 5.44. The van der Waals surface area contributed by atoms with Crippen molar-refractivity contribution in [2.24, 2.45) is 5.41 Å². The van der Waals surface area contributed by atoms with E-state index in [1.165, 1.54) is 12.3 Å². The molecule has 0 aliphatic carbocycles. The second kappa shape index (κ2) is 5.45. The Hall–Kier alpha value is -0.800. The van der Waals surface area contributed by atoms with Crippen molar-refractivity contribution in [3.8, 4) is 0 Å². The van der Waals surface area contributed by atoms with Gasteiger partial charge in [-0.3, -0.25) is 4.79 Å². The average molecular weight is 289 g/mol. The van der Waals surface area contributed by atoms with Gasteiger partial charge in [0.2, 0.25) is 0 Å². The molecular weight excluding hydrogens is 271 g/mol. The molecule has 1 rings (SSSR count). The molecule has 0 radical (unpaired) electrons. The van der Waals surface area contributed by atoms with Crippen LogP contribution in [0.15, 0.2) is 12.3 Å². The van der Waals surface area contributed by atoms with E-state index in [-0.39, 0.29) is 22.5 Å². The molecule has 0 saturated carbocycles. The van der Waals surface area contributed by atoms with Gasteiger partial charge in [0.25, 0.3) is 5.91 Å². The van der Waals surface area contributed by atoms with E-state index >= 15 is 0 Å². The van der Waals surface area contributed by atoms with Crippen molar-refractivity contribution in [3.05, 3.63) is 28.0 Å². The summed E-state index contributed by atoms with van der Waals surface area (Å²) in [6.07, 6.45) is 1.40. The maximum absolute atomic E-state index is 12.4. The van der Waals surface area contributed by atoms with Crippen molar-refractivity contribution < 1.29 is 4.79 Å². The second-order valence-corrected chi connectivity index (χ2v) is 6.24. The molecule has 0 spiro atoms. The SMILES string of the molecule is CC(N(C)C(=O)c1cc(Cl)ncc1Cl)C(C)(C)C. The minimum absolute atomic E-state index is 0.00624. The average Bonchev–Trinajstić information content (AvgIpc) is 2.28. The summed E-state index contributed by atoms with van der Waals surface area (Å²) in [7, 11) is 1.77. The fourth-order valence-electron chi connectivity index (χ4n) is 1.52. The lowest BCUT2D eigenvalue weighted by atomic mass is 9.87. The molecule has 1 unspecified atom stereocenters. The number of hydrogen-bond donors (Lipinski definition) is 0. The molecule has 1 aromatic rings. The highest BCUT2D eigenvalue weighted by Gasteiger charge is 2.28. The van der Waals surface area contributed by atoms with Crippen LogP contribution in [-0.4, -0.2) is 28.9 Å². The van der Waals surface area contributed by atoms with Crippen LogP contribution in [0.25, 0.3) is 0 Å². The predicted molar refractivity (Wildman–Crippen MR) is 75.3 cm³/mol. The maximum atomic E-state index is 12.4. The zero-order chi connectivity index (χ0) is 14.1. The Morgan fingerprint density at radius 1 is 1.39 bits per heavy atom. The van der Waals surface area contributed by atoms with Crippen molar-refractivity contribution in [2.45, 2.75) is 33.7 Å². The number of carbonyl (C=O) groups is 1. The van der Waals surface area contributed by atoms with Gasteiger partial charge < -0.3 is 4.90 Å². The number of rotatable bonds is 2. The Kier molecular flexibility index (Phi) is 4.62. The maximum Gasteiger partial charge on any atom is 0.255 e. The summed E-state index contributed by atoms with van der Waals surface area (Å²) in [5, 5.41) is 0.580. The highest BCUT2D eigenvalue weighted by Crippen LogP contribution is 2.26. The number of aromatic nitrogens is 1. The normalized spacial score (nSPS) is 13.3. The molecular formula is C13H18Cl2N2O. The molecule has 18 heavy (non-hydrogen) atoms. The van der Waals surface area contributed by atoms with Crippen LogP contribution in [0, 0.1) is 5.41 Å². The van der Waals surface area contributed by atoms with Gasteiger partial charge in [-0.2, -0.15) is 0 Å². The van der Waals surface area contributed by atoms with Crippen LogP contribution in [0.2, 0.25) is 10.2 Å². The molecule has 5 heteroatoms. The molecule has 1 amide bonds. The molecule has 0 aromatic carbocycles. The predicted octanol–water partition coefficient (Wildman–Crippen LogP) is 3.90. The van der Waals surface area contributed by atoms with Crippen LogP contribution in [-0.2, 0) is 0 Å². The third kappa shape index (κ3) is 3.36. The van der Waals surface area contributed by atoms with Gasteiger partial charge in [-0.05, 0) is 18.4 Å². The molecule has 0 N–H and O–H groups in total. The Labute approximate surface area is 118 Å². The number of amides is 1. The van der Waals surface area contributed by atoms with Crippen LogP contribution < -0.4 is 0 Å². The molecule has 0 bridgehead atoms. The highest BCUT2D eigenvalue weighted by atomic mass is 35.5. The first-order valence-electron chi connectivity index (χ1n) is 5.72. The van der Waals surface area contributed by atoms with Gasteiger partial charge in [0.15, 0.2) is 0 Å². The number of pyridine rings is 1.